The number of fused-ring (bicyclic) bond motifs is 1. The van der Waals surface area contributed by atoms with Crippen LogP contribution < -0.4 is 4.65 Å². The average molecular weight is 234 g/mol. The van der Waals surface area contributed by atoms with Crippen LogP contribution in [0.2, 0.25) is 0 Å². The number of hydrogen-bond donors (Lipinski definition) is 1. The van der Waals surface area contributed by atoms with Crippen LogP contribution in [-0.4, -0.2) is 43.8 Å². The summed E-state index contributed by atoms with van der Waals surface area (Å²) in [6.45, 7) is 0.514. The molecule has 17 heavy (non-hydrogen) atoms. The number of nitrogens with zero attached hydrogens (tertiary/aromatic N) is 2. The van der Waals surface area contributed by atoms with Gasteiger partial charge in [0.25, 0.3) is 0 Å². The number of para-hydroxylation sites is 1. The van der Waals surface area contributed by atoms with E-state index in [9.17, 15) is 10.3 Å². The molecular formula is C13H18N2O2. The van der Waals surface area contributed by atoms with E-state index in [1.54, 1.807) is 13.2 Å². The molecule has 0 saturated carbocycles. The van der Waals surface area contributed by atoms with Gasteiger partial charge in [-0.3, -0.25) is 0 Å². The molecule has 4 heteroatoms. The van der Waals surface area contributed by atoms with Crippen molar-refractivity contribution in [2.75, 3.05) is 27.7 Å². The third kappa shape index (κ3) is 2.25. The highest BCUT2D eigenvalue weighted by atomic mass is 16.5. The lowest BCUT2D eigenvalue weighted by molar-refractivity contribution is 0.186. The largest absolute Gasteiger partial charge is 0.622 e. The second-order valence-corrected chi connectivity index (χ2v) is 4.87. The molecule has 0 fully saturated rings. The van der Waals surface area contributed by atoms with Crippen LogP contribution in [0.15, 0.2) is 30.5 Å². The molecule has 1 aliphatic heterocycles. The van der Waals surface area contributed by atoms with Gasteiger partial charge in [-0.25, -0.2) is 0 Å². The van der Waals surface area contributed by atoms with E-state index in [0.29, 0.717) is 12.2 Å². The standard InChI is InChI=1S/C13H18N2O2/c1-14(2)8-13(16)11-9-15(3,17)12-7-5-4-6-10(11)12/h4-7,9,13,16H,8H2,1-3H3. The Labute approximate surface area is 102 Å². The highest BCUT2D eigenvalue weighted by Crippen LogP contribution is 2.39. The van der Waals surface area contributed by atoms with Gasteiger partial charge in [0, 0.05) is 23.7 Å². The first-order valence-corrected chi connectivity index (χ1v) is 5.64. The van der Waals surface area contributed by atoms with Crippen LogP contribution in [0.3, 0.4) is 0 Å². The van der Waals surface area contributed by atoms with E-state index >= 15 is 0 Å². The molecule has 1 heterocycles. The lowest BCUT2D eigenvalue weighted by atomic mass is 10.0. The molecule has 4 nitrogen and oxygen atoms in total. The molecule has 0 aromatic heterocycles. The molecule has 1 aromatic rings. The summed E-state index contributed by atoms with van der Waals surface area (Å²) in [6.07, 6.45) is 0.957. The fourth-order valence-electron chi connectivity index (χ4n) is 2.22. The third-order valence-corrected chi connectivity index (χ3v) is 2.98. The maximum Gasteiger partial charge on any atom is 0.145 e. The second kappa shape index (κ2) is 4.23. The summed E-state index contributed by atoms with van der Waals surface area (Å²) < 4.78 is -0.546. The Bertz CT molecular complexity index is 452. The van der Waals surface area contributed by atoms with E-state index in [1.807, 2.05) is 43.3 Å². The Morgan fingerprint density at radius 3 is 2.65 bits per heavy atom. The van der Waals surface area contributed by atoms with E-state index in [0.717, 1.165) is 11.1 Å². The van der Waals surface area contributed by atoms with Crippen molar-refractivity contribution in [3.63, 3.8) is 0 Å². The highest BCUT2D eigenvalue weighted by Gasteiger charge is 2.31. The predicted octanol–water partition coefficient (Wildman–Crippen LogP) is 1.40. The van der Waals surface area contributed by atoms with Gasteiger partial charge < -0.3 is 19.9 Å². The van der Waals surface area contributed by atoms with E-state index in [4.69, 9.17) is 0 Å². The van der Waals surface area contributed by atoms with E-state index in [1.165, 1.54) is 0 Å². The number of rotatable bonds is 3. The summed E-state index contributed by atoms with van der Waals surface area (Å²) >= 11 is 0. The lowest BCUT2D eigenvalue weighted by Gasteiger charge is -2.30. The van der Waals surface area contributed by atoms with Crippen LogP contribution in [-0.2, 0) is 0 Å². The molecule has 2 rings (SSSR count). The minimum Gasteiger partial charge on any atom is -0.622 e. The van der Waals surface area contributed by atoms with Crippen LogP contribution in [0, 0.1) is 5.21 Å². The second-order valence-electron chi connectivity index (χ2n) is 4.87. The van der Waals surface area contributed by atoms with Crippen molar-refractivity contribution >= 4 is 11.3 Å². The minimum atomic E-state index is -0.625. The Kier molecular flexibility index (Phi) is 3.05. The van der Waals surface area contributed by atoms with Crippen molar-refractivity contribution in [3.05, 3.63) is 41.2 Å². The average Bonchev–Trinajstić information content (AvgIpc) is 2.51. The van der Waals surface area contributed by atoms with Crippen LogP contribution in [0.1, 0.15) is 5.56 Å². The monoisotopic (exact) mass is 234 g/mol. The topological polar surface area (TPSA) is 46.5 Å². The highest BCUT2D eigenvalue weighted by molar-refractivity contribution is 5.84. The molecule has 2 atom stereocenters. The predicted molar refractivity (Wildman–Crippen MR) is 70.1 cm³/mol. The zero-order valence-electron chi connectivity index (χ0n) is 10.4. The molecule has 0 amide bonds. The normalized spacial score (nSPS) is 24.7. The van der Waals surface area contributed by atoms with E-state index in [-0.39, 0.29) is 0 Å². The summed E-state index contributed by atoms with van der Waals surface area (Å²) in [7, 11) is 5.37. The first-order chi connectivity index (χ1) is 7.92. The van der Waals surface area contributed by atoms with Crippen LogP contribution in [0.25, 0.3) is 5.57 Å². The van der Waals surface area contributed by atoms with E-state index in [2.05, 4.69) is 0 Å². The number of hydroxylamine groups is 2. The Hall–Kier alpha value is -1.20. The zero-order chi connectivity index (χ0) is 12.6. The minimum absolute atomic E-state index is 0.514. The molecule has 92 valence electrons. The number of benzene rings is 1. The van der Waals surface area contributed by atoms with Gasteiger partial charge in [0.2, 0.25) is 0 Å². The number of aliphatic hydroxyl groups is 1. The van der Waals surface area contributed by atoms with Gasteiger partial charge in [-0.15, -0.1) is 0 Å². The zero-order valence-corrected chi connectivity index (χ0v) is 10.4. The van der Waals surface area contributed by atoms with Crippen molar-refractivity contribution in [1.29, 1.82) is 0 Å². The maximum atomic E-state index is 12.3. The van der Waals surface area contributed by atoms with Gasteiger partial charge in [-0.05, 0) is 20.2 Å². The molecule has 0 bridgehead atoms. The molecule has 0 radical (unpaired) electrons. The summed E-state index contributed by atoms with van der Waals surface area (Å²) in [4.78, 5) is 1.90. The van der Waals surface area contributed by atoms with Crippen molar-refractivity contribution in [3.8, 4) is 0 Å². The summed E-state index contributed by atoms with van der Waals surface area (Å²) in [5, 5.41) is 22.4. The molecule has 0 spiro atoms. The fourth-order valence-corrected chi connectivity index (χ4v) is 2.22. The Balaban J connectivity index is 2.37. The number of hydrogen-bond acceptors (Lipinski definition) is 3. The number of quaternary nitrogens is 1. The maximum absolute atomic E-state index is 12.3. The van der Waals surface area contributed by atoms with Gasteiger partial charge in [0.15, 0.2) is 0 Å². The quantitative estimate of drug-likeness (QED) is 0.635. The van der Waals surface area contributed by atoms with Crippen molar-refractivity contribution < 1.29 is 5.11 Å². The molecule has 1 aromatic carbocycles. The van der Waals surface area contributed by atoms with Crippen molar-refractivity contribution in [1.82, 2.24) is 9.55 Å². The molecule has 1 aliphatic rings. The SMILES string of the molecule is CN(C)CC(O)C1=C[N+](C)([O-])c2ccccc21. The molecule has 0 saturated heterocycles. The van der Waals surface area contributed by atoms with Crippen molar-refractivity contribution in [2.24, 2.45) is 0 Å². The number of aliphatic hydroxyl groups excluding tert-OH is 1. The van der Waals surface area contributed by atoms with Crippen LogP contribution in [0.5, 0.6) is 0 Å². The van der Waals surface area contributed by atoms with Gasteiger partial charge in [0.1, 0.15) is 11.9 Å². The Morgan fingerprint density at radius 1 is 1.35 bits per heavy atom. The van der Waals surface area contributed by atoms with Crippen molar-refractivity contribution in [2.45, 2.75) is 6.10 Å². The third-order valence-electron chi connectivity index (χ3n) is 2.98. The first-order valence-electron chi connectivity index (χ1n) is 5.64. The van der Waals surface area contributed by atoms with E-state index < -0.39 is 10.8 Å². The number of likely N-dealkylation sites (N-methyl/N-ethyl adjacent to an activating group) is 1. The summed E-state index contributed by atoms with van der Waals surface area (Å²) in [6, 6.07) is 7.44. The van der Waals surface area contributed by atoms with Gasteiger partial charge in [-0.1, -0.05) is 12.1 Å². The lowest BCUT2D eigenvalue weighted by Crippen LogP contribution is -2.29. The summed E-state index contributed by atoms with van der Waals surface area (Å²) in [5.41, 5.74) is 2.28. The smallest absolute Gasteiger partial charge is 0.145 e. The van der Waals surface area contributed by atoms with Gasteiger partial charge in [0.05, 0.1) is 13.2 Å². The summed E-state index contributed by atoms with van der Waals surface area (Å²) in [5.74, 6) is 0. The fraction of sp³-hybridized carbons (Fsp3) is 0.385. The molecule has 2 unspecified atom stereocenters. The van der Waals surface area contributed by atoms with Crippen LogP contribution >= 0.6 is 0 Å². The van der Waals surface area contributed by atoms with Gasteiger partial charge >= 0.3 is 0 Å². The van der Waals surface area contributed by atoms with Gasteiger partial charge in [-0.2, -0.15) is 0 Å². The van der Waals surface area contributed by atoms with Crippen LogP contribution in [0.4, 0.5) is 5.69 Å². The Morgan fingerprint density at radius 2 is 2.00 bits per heavy atom. The molecular weight excluding hydrogens is 216 g/mol. The molecule has 0 aliphatic carbocycles. The molecule has 1 N–H and O–H groups in total. The first kappa shape index (κ1) is 12.3.